The first kappa shape index (κ1) is 17.9. The van der Waals surface area contributed by atoms with Gasteiger partial charge in [-0.1, -0.05) is 19.4 Å². The van der Waals surface area contributed by atoms with Crippen LogP contribution >= 0.6 is 0 Å². The Hall–Kier alpha value is -1.40. The normalized spacial score (nSPS) is 17.7. The molecule has 0 bridgehead atoms. The van der Waals surface area contributed by atoms with Crippen LogP contribution in [0.4, 0.5) is 0 Å². The van der Waals surface area contributed by atoms with Crippen LogP contribution in [0.15, 0.2) is 23.1 Å². The van der Waals surface area contributed by atoms with E-state index in [0.717, 1.165) is 25.7 Å². The van der Waals surface area contributed by atoms with Crippen molar-refractivity contribution in [2.24, 2.45) is 0 Å². The molecule has 2 rings (SSSR count). The Morgan fingerprint density at radius 2 is 1.91 bits per heavy atom. The van der Waals surface area contributed by atoms with Crippen LogP contribution in [0.3, 0.4) is 0 Å². The lowest BCUT2D eigenvalue weighted by Crippen LogP contribution is -2.36. The molecule has 1 aromatic rings. The number of carbonyl (C=O) groups is 1. The molecule has 1 heterocycles. The maximum Gasteiger partial charge on any atom is 0.251 e. The van der Waals surface area contributed by atoms with Crippen molar-refractivity contribution in [3.05, 3.63) is 29.3 Å². The quantitative estimate of drug-likeness (QED) is 0.897. The van der Waals surface area contributed by atoms with Gasteiger partial charge in [0.25, 0.3) is 5.91 Å². The van der Waals surface area contributed by atoms with Crippen LogP contribution in [0.5, 0.6) is 0 Å². The smallest absolute Gasteiger partial charge is 0.251 e. The minimum Gasteiger partial charge on any atom is -0.350 e. The van der Waals surface area contributed by atoms with E-state index < -0.39 is 10.0 Å². The minimum atomic E-state index is -3.53. The number of rotatable bonds is 5. The van der Waals surface area contributed by atoms with Crippen molar-refractivity contribution < 1.29 is 13.2 Å². The fraction of sp³-hybridized carbons (Fsp3) is 0.588. The van der Waals surface area contributed by atoms with Crippen LogP contribution in [0.2, 0.25) is 0 Å². The summed E-state index contributed by atoms with van der Waals surface area (Å²) in [4.78, 5) is 12.5. The van der Waals surface area contributed by atoms with Gasteiger partial charge in [-0.15, -0.1) is 0 Å². The average Bonchev–Trinajstić information content (AvgIpc) is 2.55. The molecule has 0 aromatic heterocycles. The Labute approximate surface area is 139 Å². The molecule has 0 spiro atoms. The van der Waals surface area contributed by atoms with E-state index in [0.29, 0.717) is 24.2 Å². The third-order valence-electron chi connectivity index (χ3n) is 4.37. The van der Waals surface area contributed by atoms with Gasteiger partial charge in [-0.05, 0) is 50.8 Å². The van der Waals surface area contributed by atoms with E-state index in [1.54, 1.807) is 19.1 Å². The first-order valence-electron chi connectivity index (χ1n) is 8.28. The molecule has 0 radical (unpaired) electrons. The molecule has 6 heteroatoms. The zero-order chi connectivity index (χ0) is 17.0. The maximum atomic E-state index is 12.9. The standard InChI is InChI=1S/C17H26N2O3S/c1-4-14(3)18-17(20)15-9-8-13(2)16(12-15)23(21,22)19-10-6-5-7-11-19/h8-9,12,14H,4-7,10-11H2,1-3H3,(H,18,20)/t14-/m1/s1. The number of carbonyl (C=O) groups excluding carboxylic acids is 1. The molecule has 0 saturated carbocycles. The first-order valence-corrected chi connectivity index (χ1v) is 9.72. The third-order valence-corrected chi connectivity index (χ3v) is 6.41. The summed E-state index contributed by atoms with van der Waals surface area (Å²) in [5.41, 5.74) is 1.07. The molecule has 1 aliphatic rings. The summed E-state index contributed by atoms with van der Waals surface area (Å²) >= 11 is 0. The Balaban J connectivity index is 2.31. The first-order chi connectivity index (χ1) is 10.9. The number of nitrogens with zero attached hydrogens (tertiary/aromatic N) is 1. The van der Waals surface area contributed by atoms with Crippen molar-refractivity contribution >= 4 is 15.9 Å². The van der Waals surface area contributed by atoms with E-state index >= 15 is 0 Å². The van der Waals surface area contributed by atoms with E-state index in [4.69, 9.17) is 0 Å². The molecule has 1 N–H and O–H groups in total. The molecule has 1 amide bonds. The van der Waals surface area contributed by atoms with Gasteiger partial charge in [0.2, 0.25) is 10.0 Å². The number of benzene rings is 1. The second kappa shape index (κ2) is 7.45. The van der Waals surface area contributed by atoms with Crippen LogP contribution in [0, 0.1) is 6.92 Å². The van der Waals surface area contributed by atoms with Gasteiger partial charge in [0.15, 0.2) is 0 Å². The van der Waals surface area contributed by atoms with Crippen LogP contribution in [-0.2, 0) is 10.0 Å². The lowest BCUT2D eigenvalue weighted by Gasteiger charge is -2.26. The van der Waals surface area contributed by atoms with Crippen LogP contribution < -0.4 is 5.32 Å². The summed E-state index contributed by atoms with van der Waals surface area (Å²) in [6.07, 6.45) is 3.69. The highest BCUT2D eigenvalue weighted by Crippen LogP contribution is 2.24. The van der Waals surface area contributed by atoms with Gasteiger partial charge in [0.1, 0.15) is 0 Å². The predicted molar refractivity (Wildman–Crippen MR) is 91.0 cm³/mol. The number of piperidine rings is 1. The molecule has 128 valence electrons. The van der Waals surface area contributed by atoms with Gasteiger partial charge in [-0.25, -0.2) is 8.42 Å². The lowest BCUT2D eigenvalue weighted by atomic mass is 10.1. The molecular weight excluding hydrogens is 312 g/mol. The molecule has 1 aliphatic heterocycles. The zero-order valence-corrected chi connectivity index (χ0v) is 14.9. The van der Waals surface area contributed by atoms with Gasteiger partial charge in [-0.2, -0.15) is 4.31 Å². The Morgan fingerprint density at radius 3 is 2.52 bits per heavy atom. The summed E-state index contributed by atoms with van der Waals surface area (Å²) in [5, 5.41) is 2.88. The summed E-state index contributed by atoms with van der Waals surface area (Å²) in [5.74, 6) is -0.227. The number of amides is 1. The highest BCUT2D eigenvalue weighted by atomic mass is 32.2. The summed E-state index contributed by atoms with van der Waals surface area (Å²) in [7, 11) is -3.53. The number of sulfonamides is 1. The van der Waals surface area contributed by atoms with Crippen molar-refractivity contribution in [1.29, 1.82) is 0 Å². The Kier molecular flexibility index (Phi) is 5.81. The second-order valence-corrected chi connectivity index (χ2v) is 8.13. The van der Waals surface area contributed by atoms with Crippen molar-refractivity contribution in [3.63, 3.8) is 0 Å². The highest BCUT2D eigenvalue weighted by molar-refractivity contribution is 7.89. The highest BCUT2D eigenvalue weighted by Gasteiger charge is 2.28. The lowest BCUT2D eigenvalue weighted by molar-refractivity contribution is 0.0939. The average molecular weight is 338 g/mol. The molecule has 0 unspecified atom stereocenters. The molecule has 5 nitrogen and oxygen atoms in total. The SMILES string of the molecule is CC[C@@H](C)NC(=O)c1ccc(C)c(S(=O)(=O)N2CCCCC2)c1. The second-order valence-electron chi connectivity index (χ2n) is 6.23. The summed E-state index contributed by atoms with van der Waals surface area (Å²) < 4.78 is 27.2. The van der Waals surface area contributed by atoms with Crippen LogP contribution in [0.25, 0.3) is 0 Å². The third kappa shape index (κ3) is 4.12. The van der Waals surface area contributed by atoms with Gasteiger partial charge < -0.3 is 5.32 Å². The molecule has 1 aromatic carbocycles. The molecule has 1 fully saturated rings. The van der Waals surface area contributed by atoms with E-state index in [9.17, 15) is 13.2 Å². The Morgan fingerprint density at radius 1 is 1.26 bits per heavy atom. The van der Waals surface area contributed by atoms with Crippen molar-refractivity contribution in [2.75, 3.05) is 13.1 Å². The molecule has 1 atom stereocenters. The Bertz CT molecular complexity index is 664. The molecule has 1 saturated heterocycles. The number of hydrogen-bond donors (Lipinski definition) is 1. The summed E-state index contributed by atoms with van der Waals surface area (Å²) in [6, 6.07) is 4.97. The zero-order valence-electron chi connectivity index (χ0n) is 14.1. The van der Waals surface area contributed by atoms with Crippen LogP contribution in [-0.4, -0.2) is 37.8 Å². The number of hydrogen-bond acceptors (Lipinski definition) is 3. The van der Waals surface area contributed by atoms with E-state index in [1.165, 1.54) is 10.4 Å². The number of aryl methyl sites for hydroxylation is 1. The fourth-order valence-corrected chi connectivity index (χ4v) is 4.44. The van der Waals surface area contributed by atoms with E-state index in [-0.39, 0.29) is 16.8 Å². The van der Waals surface area contributed by atoms with Gasteiger partial charge in [0.05, 0.1) is 4.90 Å². The van der Waals surface area contributed by atoms with Gasteiger partial charge >= 0.3 is 0 Å². The van der Waals surface area contributed by atoms with E-state index in [2.05, 4.69) is 5.32 Å². The summed E-state index contributed by atoms with van der Waals surface area (Å²) in [6.45, 7) is 6.81. The van der Waals surface area contributed by atoms with Crippen LogP contribution in [0.1, 0.15) is 55.5 Å². The topological polar surface area (TPSA) is 66.5 Å². The van der Waals surface area contributed by atoms with Crippen molar-refractivity contribution in [3.8, 4) is 0 Å². The maximum absolute atomic E-state index is 12.9. The van der Waals surface area contributed by atoms with E-state index in [1.807, 2.05) is 13.8 Å². The monoisotopic (exact) mass is 338 g/mol. The molecule has 0 aliphatic carbocycles. The minimum absolute atomic E-state index is 0.0611. The fourth-order valence-electron chi connectivity index (χ4n) is 2.67. The molecule has 23 heavy (non-hydrogen) atoms. The number of nitrogens with one attached hydrogen (secondary N) is 1. The van der Waals surface area contributed by atoms with Gasteiger partial charge in [-0.3, -0.25) is 4.79 Å². The molecular formula is C17H26N2O3S. The van der Waals surface area contributed by atoms with Crippen molar-refractivity contribution in [2.45, 2.75) is 57.4 Å². The largest absolute Gasteiger partial charge is 0.350 e. The predicted octanol–water partition coefficient (Wildman–Crippen LogP) is 2.70. The van der Waals surface area contributed by atoms with Gasteiger partial charge in [0, 0.05) is 24.7 Å². The van der Waals surface area contributed by atoms with Crippen molar-refractivity contribution in [1.82, 2.24) is 9.62 Å².